The van der Waals surface area contributed by atoms with E-state index in [0.717, 1.165) is 12.8 Å². The van der Waals surface area contributed by atoms with Crippen molar-refractivity contribution < 1.29 is 13.2 Å². The van der Waals surface area contributed by atoms with E-state index in [0.29, 0.717) is 6.61 Å². The molecule has 5 heteroatoms. The van der Waals surface area contributed by atoms with Gasteiger partial charge in [-0.05, 0) is 12.8 Å². The van der Waals surface area contributed by atoms with Gasteiger partial charge in [-0.25, -0.2) is 8.42 Å². The first-order valence-electron chi connectivity index (χ1n) is 4.55. The van der Waals surface area contributed by atoms with Crippen molar-refractivity contribution in [2.45, 2.75) is 18.9 Å². The Morgan fingerprint density at radius 3 is 2.86 bits per heavy atom. The minimum Gasteiger partial charge on any atom is -0.377 e. The van der Waals surface area contributed by atoms with Crippen LogP contribution < -0.4 is 0 Å². The summed E-state index contributed by atoms with van der Waals surface area (Å²) in [6.45, 7) is 0.786. The lowest BCUT2D eigenvalue weighted by molar-refractivity contribution is 0.126. The Balaban J connectivity index is 2.52. The zero-order valence-corrected chi connectivity index (χ0v) is 9.09. The van der Waals surface area contributed by atoms with Crippen LogP contribution in [-0.2, 0) is 14.8 Å². The highest BCUT2D eigenvalue weighted by Crippen LogP contribution is 2.15. The van der Waals surface area contributed by atoms with Gasteiger partial charge in [0.15, 0.2) is 0 Å². The summed E-state index contributed by atoms with van der Waals surface area (Å²) in [4.78, 5) is 0. The summed E-state index contributed by atoms with van der Waals surface area (Å²) in [6, 6.07) is 0. The molecule has 1 unspecified atom stereocenters. The zero-order valence-electron chi connectivity index (χ0n) is 8.27. The number of sulfonamides is 1. The number of ether oxygens (including phenoxy) is 1. The molecule has 1 rings (SSSR count). The van der Waals surface area contributed by atoms with Gasteiger partial charge in [0, 0.05) is 13.7 Å². The van der Waals surface area contributed by atoms with Crippen molar-refractivity contribution in [1.82, 2.24) is 4.31 Å². The van der Waals surface area contributed by atoms with Crippen LogP contribution in [0, 0.1) is 12.3 Å². The highest BCUT2D eigenvalue weighted by atomic mass is 32.2. The van der Waals surface area contributed by atoms with E-state index in [4.69, 9.17) is 11.2 Å². The van der Waals surface area contributed by atoms with Crippen LogP contribution in [0.2, 0.25) is 0 Å². The zero-order chi connectivity index (χ0) is 10.6. The van der Waals surface area contributed by atoms with Gasteiger partial charge in [0.05, 0.1) is 18.4 Å². The van der Waals surface area contributed by atoms with Crippen LogP contribution in [0.1, 0.15) is 12.8 Å². The summed E-state index contributed by atoms with van der Waals surface area (Å²) in [5.74, 6) is 2.35. The van der Waals surface area contributed by atoms with Crippen LogP contribution in [0.4, 0.5) is 0 Å². The Morgan fingerprint density at radius 2 is 2.36 bits per heavy atom. The van der Waals surface area contributed by atoms with Crippen molar-refractivity contribution >= 4 is 10.0 Å². The molecule has 0 radical (unpaired) electrons. The van der Waals surface area contributed by atoms with E-state index in [1.165, 1.54) is 11.4 Å². The first-order chi connectivity index (χ1) is 6.56. The number of nitrogens with zero attached hydrogens (tertiary/aromatic N) is 1. The van der Waals surface area contributed by atoms with Crippen LogP contribution >= 0.6 is 0 Å². The maximum atomic E-state index is 11.6. The average Bonchev–Trinajstić information content (AvgIpc) is 2.56. The Bertz CT molecular complexity index is 311. The van der Waals surface area contributed by atoms with Crippen molar-refractivity contribution in [2.75, 3.05) is 26.0 Å². The summed E-state index contributed by atoms with van der Waals surface area (Å²) < 4.78 is 29.7. The predicted molar refractivity (Wildman–Crippen MR) is 54.2 cm³/mol. The molecule has 0 saturated carbocycles. The van der Waals surface area contributed by atoms with Crippen molar-refractivity contribution in [3.05, 3.63) is 0 Å². The highest BCUT2D eigenvalue weighted by molar-refractivity contribution is 7.89. The van der Waals surface area contributed by atoms with Gasteiger partial charge in [0.1, 0.15) is 0 Å². The minimum absolute atomic E-state index is 0.0468. The molecule has 1 atom stereocenters. The fraction of sp³-hybridized carbons (Fsp3) is 0.778. The van der Waals surface area contributed by atoms with E-state index in [2.05, 4.69) is 5.92 Å². The second-order valence-corrected chi connectivity index (χ2v) is 5.49. The molecular weight excluding hydrogens is 202 g/mol. The van der Waals surface area contributed by atoms with Crippen molar-refractivity contribution in [1.29, 1.82) is 0 Å². The molecule has 1 fully saturated rings. The third-order valence-corrected chi connectivity index (χ3v) is 4.08. The summed E-state index contributed by atoms with van der Waals surface area (Å²) in [6.07, 6.45) is 6.66. The van der Waals surface area contributed by atoms with Gasteiger partial charge in [-0.2, -0.15) is 4.31 Å². The van der Waals surface area contributed by atoms with E-state index in [1.54, 1.807) is 0 Å². The molecule has 14 heavy (non-hydrogen) atoms. The summed E-state index contributed by atoms with van der Waals surface area (Å²) in [7, 11) is -1.75. The fourth-order valence-electron chi connectivity index (χ4n) is 1.36. The molecule has 0 spiro atoms. The maximum Gasteiger partial charge on any atom is 0.217 e. The van der Waals surface area contributed by atoms with Crippen molar-refractivity contribution in [3.8, 4) is 12.3 Å². The summed E-state index contributed by atoms with van der Waals surface area (Å²) >= 11 is 0. The minimum atomic E-state index is -3.24. The average molecular weight is 217 g/mol. The number of rotatable bonds is 4. The number of hydrogen-bond acceptors (Lipinski definition) is 3. The normalized spacial score (nSPS) is 22.5. The molecule has 80 valence electrons. The van der Waals surface area contributed by atoms with E-state index in [-0.39, 0.29) is 18.4 Å². The van der Waals surface area contributed by atoms with Crippen LogP contribution in [0.5, 0.6) is 0 Å². The van der Waals surface area contributed by atoms with Gasteiger partial charge in [-0.15, -0.1) is 6.42 Å². The Labute approximate surface area is 85.3 Å². The van der Waals surface area contributed by atoms with E-state index in [9.17, 15) is 8.42 Å². The fourth-order valence-corrected chi connectivity index (χ4v) is 2.62. The lowest BCUT2D eigenvalue weighted by Gasteiger charge is -2.16. The topological polar surface area (TPSA) is 46.6 Å². The van der Waals surface area contributed by atoms with Gasteiger partial charge in [-0.3, -0.25) is 0 Å². The Morgan fingerprint density at radius 1 is 1.64 bits per heavy atom. The van der Waals surface area contributed by atoms with Gasteiger partial charge >= 0.3 is 0 Å². The third kappa shape index (κ3) is 2.98. The van der Waals surface area contributed by atoms with Gasteiger partial charge < -0.3 is 4.74 Å². The molecule has 0 aromatic heterocycles. The quantitative estimate of drug-likeness (QED) is 0.626. The molecule has 0 bridgehead atoms. The second-order valence-electron chi connectivity index (χ2n) is 3.37. The smallest absolute Gasteiger partial charge is 0.217 e. The SMILES string of the molecule is C#CCN(C)S(=O)(=O)CC1CCCO1. The van der Waals surface area contributed by atoms with E-state index < -0.39 is 10.0 Å². The van der Waals surface area contributed by atoms with Crippen LogP contribution in [0.25, 0.3) is 0 Å². The van der Waals surface area contributed by atoms with E-state index in [1.807, 2.05) is 0 Å². The second kappa shape index (κ2) is 4.78. The lowest BCUT2D eigenvalue weighted by Crippen LogP contribution is -2.34. The summed E-state index contributed by atoms with van der Waals surface area (Å²) in [5, 5.41) is 0. The van der Waals surface area contributed by atoms with Gasteiger partial charge in [0.2, 0.25) is 10.0 Å². The highest BCUT2D eigenvalue weighted by Gasteiger charge is 2.25. The molecule has 0 N–H and O–H groups in total. The third-order valence-electron chi connectivity index (χ3n) is 2.21. The molecule has 4 nitrogen and oxygen atoms in total. The van der Waals surface area contributed by atoms with Crippen LogP contribution in [-0.4, -0.2) is 44.8 Å². The van der Waals surface area contributed by atoms with Crippen molar-refractivity contribution in [3.63, 3.8) is 0 Å². The molecular formula is C9H15NO3S. The molecule has 0 amide bonds. The number of terminal acetylenes is 1. The maximum absolute atomic E-state index is 11.6. The summed E-state index contributed by atoms with van der Waals surface area (Å²) in [5.41, 5.74) is 0. The molecule has 0 aliphatic carbocycles. The predicted octanol–water partition coefficient (Wildman–Crippen LogP) is 0.0602. The Kier molecular flexibility index (Phi) is 3.93. The molecule has 0 aromatic rings. The number of hydrogen-bond donors (Lipinski definition) is 0. The standard InChI is InChI=1S/C9H15NO3S/c1-3-6-10(2)14(11,12)8-9-5-4-7-13-9/h1,9H,4-8H2,2H3. The van der Waals surface area contributed by atoms with Gasteiger partial charge in [-0.1, -0.05) is 5.92 Å². The Hall–Kier alpha value is -0.570. The monoisotopic (exact) mass is 217 g/mol. The van der Waals surface area contributed by atoms with Gasteiger partial charge in [0.25, 0.3) is 0 Å². The largest absolute Gasteiger partial charge is 0.377 e. The van der Waals surface area contributed by atoms with E-state index >= 15 is 0 Å². The lowest BCUT2D eigenvalue weighted by atomic mass is 10.3. The molecule has 0 aromatic carbocycles. The molecule has 1 saturated heterocycles. The first kappa shape index (κ1) is 11.5. The van der Waals surface area contributed by atoms with Crippen LogP contribution in [0.15, 0.2) is 0 Å². The van der Waals surface area contributed by atoms with Crippen LogP contribution in [0.3, 0.4) is 0 Å². The molecule has 1 heterocycles. The van der Waals surface area contributed by atoms with Crippen molar-refractivity contribution in [2.24, 2.45) is 0 Å². The molecule has 1 aliphatic rings. The first-order valence-corrected chi connectivity index (χ1v) is 6.16. The molecule has 1 aliphatic heterocycles.